The molecule has 0 saturated carbocycles. The van der Waals surface area contributed by atoms with E-state index in [2.05, 4.69) is 10.2 Å². The monoisotopic (exact) mass is 189 g/mol. The van der Waals surface area contributed by atoms with Gasteiger partial charge in [0, 0.05) is 0 Å². The smallest absolute Gasteiger partial charge is 0.282 e. The molecular formula is C8H13F2N3. The molecule has 0 bridgehead atoms. The van der Waals surface area contributed by atoms with E-state index in [1.165, 1.54) is 0 Å². The van der Waals surface area contributed by atoms with E-state index >= 15 is 0 Å². The van der Waals surface area contributed by atoms with Crippen molar-refractivity contribution in [3.05, 3.63) is 17.5 Å². The fourth-order valence-corrected chi connectivity index (χ4v) is 0.590. The molecule has 0 fully saturated rings. The minimum Gasteiger partial charge on any atom is -0.397 e. The number of halogens is 2. The third-order valence-corrected chi connectivity index (χ3v) is 1.26. The first-order chi connectivity index (χ1) is 6.11. The molecule has 2 N–H and O–H groups in total. The normalized spacial score (nSPS) is 9.38. The van der Waals surface area contributed by atoms with Crippen molar-refractivity contribution in [1.82, 2.24) is 10.2 Å². The molecule has 1 aromatic heterocycles. The van der Waals surface area contributed by atoms with Crippen molar-refractivity contribution in [1.29, 1.82) is 0 Å². The van der Waals surface area contributed by atoms with Crippen LogP contribution < -0.4 is 5.73 Å². The number of aromatic nitrogens is 2. The lowest BCUT2D eigenvalue weighted by Crippen LogP contribution is -1.99. The summed E-state index contributed by atoms with van der Waals surface area (Å²) in [5, 5.41) is 6.70. The highest BCUT2D eigenvalue weighted by Crippen LogP contribution is 2.18. The molecule has 1 rings (SSSR count). The third kappa shape index (κ3) is 3.31. The lowest BCUT2D eigenvalue weighted by atomic mass is 10.3. The average Bonchev–Trinajstić information content (AvgIpc) is 2.13. The first kappa shape index (κ1) is 11.7. The molecule has 0 spiro atoms. The molecular weight excluding hydrogens is 176 g/mol. The van der Waals surface area contributed by atoms with E-state index in [-0.39, 0.29) is 11.4 Å². The Kier molecular flexibility index (Phi) is 4.87. The van der Waals surface area contributed by atoms with E-state index < -0.39 is 6.43 Å². The van der Waals surface area contributed by atoms with Gasteiger partial charge in [-0.05, 0) is 13.0 Å². The molecule has 0 radical (unpaired) electrons. The van der Waals surface area contributed by atoms with Crippen LogP contribution in [-0.4, -0.2) is 10.2 Å². The predicted octanol–water partition coefficient (Wildman–Crippen LogP) is 2.33. The summed E-state index contributed by atoms with van der Waals surface area (Å²) in [4.78, 5) is 0. The predicted molar refractivity (Wildman–Crippen MR) is 47.5 cm³/mol. The quantitative estimate of drug-likeness (QED) is 0.737. The molecule has 1 heterocycles. The summed E-state index contributed by atoms with van der Waals surface area (Å²) in [6, 6.07) is 1.13. The highest BCUT2D eigenvalue weighted by Gasteiger charge is 2.10. The number of hydrogen-bond acceptors (Lipinski definition) is 3. The molecule has 0 atom stereocenters. The van der Waals surface area contributed by atoms with E-state index in [4.69, 9.17) is 5.73 Å². The Bertz CT molecular complexity index is 264. The molecule has 1 aromatic rings. The van der Waals surface area contributed by atoms with Crippen LogP contribution in [0, 0.1) is 6.92 Å². The SMILES string of the molecule is CC.Cc1nnc(C(F)F)cc1N. The van der Waals surface area contributed by atoms with Crippen molar-refractivity contribution in [2.75, 3.05) is 5.73 Å². The molecule has 3 nitrogen and oxygen atoms in total. The highest BCUT2D eigenvalue weighted by atomic mass is 19.3. The molecule has 74 valence electrons. The Labute approximate surface area is 76.0 Å². The summed E-state index contributed by atoms with van der Waals surface area (Å²) in [6.07, 6.45) is -2.61. The number of alkyl halides is 2. The molecule has 5 heteroatoms. The van der Waals surface area contributed by atoms with Crippen LogP contribution in [0.3, 0.4) is 0 Å². The van der Waals surface area contributed by atoms with E-state index in [9.17, 15) is 8.78 Å². The standard InChI is InChI=1S/C6H7F2N3.C2H6/c1-3-4(9)2-5(6(7)8)11-10-3;1-2/h2,6H,1H3,(H2,9,11);1-2H3. The summed E-state index contributed by atoms with van der Waals surface area (Å²) in [6.45, 7) is 5.61. The van der Waals surface area contributed by atoms with Gasteiger partial charge in [-0.1, -0.05) is 13.8 Å². The van der Waals surface area contributed by atoms with Gasteiger partial charge in [0.2, 0.25) is 0 Å². The number of nitrogens with two attached hydrogens (primary N) is 1. The van der Waals surface area contributed by atoms with Gasteiger partial charge in [-0.3, -0.25) is 0 Å². The minimum absolute atomic E-state index is 0.246. The van der Waals surface area contributed by atoms with E-state index in [0.29, 0.717) is 5.69 Å². The van der Waals surface area contributed by atoms with E-state index in [0.717, 1.165) is 6.07 Å². The molecule has 0 aliphatic rings. The second-order valence-corrected chi connectivity index (χ2v) is 2.11. The summed E-state index contributed by atoms with van der Waals surface area (Å²) >= 11 is 0. The topological polar surface area (TPSA) is 51.8 Å². The average molecular weight is 189 g/mol. The largest absolute Gasteiger partial charge is 0.397 e. The lowest BCUT2D eigenvalue weighted by molar-refractivity contribution is 0.145. The molecule has 0 unspecified atom stereocenters. The van der Waals surface area contributed by atoms with Gasteiger partial charge >= 0.3 is 0 Å². The zero-order valence-corrected chi connectivity index (χ0v) is 7.88. The molecule has 0 aliphatic heterocycles. The van der Waals surface area contributed by atoms with Crippen molar-refractivity contribution >= 4 is 5.69 Å². The van der Waals surface area contributed by atoms with Gasteiger partial charge in [-0.25, -0.2) is 8.78 Å². The molecule has 0 saturated heterocycles. The summed E-state index contributed by atoms with van der Waals surface area (Å²) < 4.78 is 23.8. The Hall–Kier alpha value is -1.26. The fourth-order valence-electron chi connectivity index (χ4n) is 0.590. The van der Waals surface area contributed by atoms with Crippen LogP contribution in [0.5, 0.6) is 0 Å². The van der Waals surface area contributed by atoms with Crippen LogP contribution in [0.1, 0.15) is 31.7 Å². The van der Waals surface area contributed by atoms with Gasteiger partial charge in [0.15, 0.2) is 0 Å². The Morgan fingerprint density at radius 2 is 1.85 bits per heavy atom. The zero-order chi connectivity index (χ0) is 10.4. The number of aryl methyl sites for hydroxylation is 1. The van der Waals surface area contributed by atoms with Gasteiger partial charge < -0.3 is 5.73 Å². The van der Waals surface area contributed by atoms with E-state index in [1.54, 1.807) is 6.92 Å². The first-order valence-corrected chi connectivity index (χ1v) is 3.99. The Balaban J connectivity index is 0.000000671. The maximum absolute atomic E-state index is 11.9. The Morgan fingerprint density at radius 1 is 1.31 bits per heavy atom. The third-order valence-electron chi connectivity index (χ3n) is 1.26. The summed E-state index contributed by atoms with van der Waals surface area (Å²) in [5.41, 5.74) is 5.65. The van der Waals surface area contributed by atoms with Crippen molar-refractivity contribution < 1.29 is 8.78 Å². The van der Waals surface area contributed by atoms with Gasteiger partial charge in [0.25, 0.3) is 6.43 Å². The van der Waals surface area contributed by atoms with Crippen LogP contribution in [-0.2, 0) is 0 Å². The van der Waals surface area contributed by atoms with Crippen LogP contribution in [0.4, 0.5) is 14.5 Å². The lowest BCUT2D eigenvalue weighted by Gasteiger charge is -2.00. The van der Waals surface area contributed by atoms with Gasteiger partial charge in [0.05, 0.1) is 11.4 Å². The van der Waals surface area contributed by atoms with Gasteiger partial charge in [-0.2, -0.15) is 5.10 Å². The van der Waals surface area contributed by atoms with Crippen LogP contribution >= 0.6 is 0 Å². The maximum Gasteiger partial charge on any atom is 0.282 e. The number of nitrogens with zero attached hydrogens (tertiary/aromatic N) is 2. The maximum atomic E-state index is 11.9. The number of nitrogen functional groups attached to an aromatic ring is 1. The van der Waals surface area contributed by atoms with Crippen molar-refractivity contribution in [2.24, 2.45) is 0 Å². The second kappa shape index (κ2) is 5.40. The minimum atomic E-state index is -2.61. The molecule has 0 amide bonds. The van der Waals surface area contributed by atoms with E-state index in [1.807, 2.05) is 13.8 Å². The first-order valence-electron chi connectivity index (χ1n) is 3.99. The fraction of sp³-hybridized carbons (Fsp3) is 0.500. The molecule has 13 heavy (non-hydrogen) atoms. The van der Waals surface area contributed by atoms with Crippen molar-refractivity contribution in [2.45, 2.75) is 27.2 Å². The van der Waals surface area contributed by atoms with Gasteiger partial charge in [-0.15, -0.1) is 5.10 Å². The number of anilines is 1. The number of hydrogen-bond donors (Lipinski definition) is 1. The molecule has 0 aliphatic carbocycles. The molecule has 0 aromatic carbocycles. The Morgan fingerprint density at radius 3 is 2.23 bits per heavy atom. The zero-order valence-electron chi connectivity index (χ0n) is 7.88. The second-order valence-electron chi connectivity index (χ2n) is 2.11. The summed E-state index contributed by atoms with van der Waals surface area (Å²) in [5.74, 6) is 0. The van der Waals surface area contributed by atoms with Crippen LogP contribution in [0.2, 0.25) is 0 Å². The van der Waals surface area contributed by atoms with Crippen molar-refractivity contribution in [3.8, 4) is 0 Å². The van der Waals surface area contributed by atoms with Gasteiger partial charge in [0.1, 0.15) is 5.69 Å². The van der Waals surface area contributed by atoms with Crippen LogP contribution in [0.15, 0.2) is 6.07 Å². The highest BCUT2D eigenvalue weighted by molar-refractivity contribution is 5.42. The summed E-state index contributed by atoms with van der Waals surface area (Å²) in [7, 11) is 0. The van der Waals surface area contributed by atoms with Crippen molar-refractivity contribution in [3.63, 3.8) is 0 Å². The number of rotatable bonds is 1. The van der Waals surface area contributed by atoms with Crippen LogP contribution in [0.25, 0.3) is 0 Å².